The first-order chi connectivity index (χ1) is 29.9. The Morgan fingerprint density at radius 3 is 2.06 bits per heavy atom. The number of imidazole rings is 2. The van der Waals surface area contributed by atoms with Gasteiger partial charge in [0, 0.05) is 36.9 Å². The second-order valence-corrected chi connectivity index (χ2v) is 16.3. The summed E-state index contributed by atoms with van der Waals surface area (Å²) in [6, 6.07) is 15.9. The van der Waals surface area contributed by atoms with Crippen molar-refractivity contribution in [2.45, 2.75) is 76.7 Å². The lowest BCUT2D eigenvalue weighted by Gasteiger charge is -2.30. The van der Waals surface area contributed by atoms with E-state index in [2.05, 4.69) is 33.2 Å². The number of likely N-dealkylation sites (tertiary alicyclic amines) is 2. The van der Waals surface area contributed by atoms with E-state index in [1.54, 1.807) is 18.0 Å². The predicted molar refractivity (Wildman–Crippen MR) is 231 cm³/mol. The number of carbonyl (C=O) groups is 4. The van der Waals surface area contributed by atoms with Crippen molar-refractivity contribution in [3.8, 4) is 33.9 Å². The molecule has 4 N–H and O–H groups in total. The summed E-state index contributed by atoms with van der Waals surface area (Å²) in [5, 5.41) is 5.33. The number of alkyl carbamates (subject to hydrolysis) is 2. The Morgan fingerprint density at radius 2 is 1.39 bits per heavy atom. The van der Waals surface area contributed by atoms with Crippen molar-refractivity contribution >= 4 is 40.6 Å². The Balaban J connectivity index is 0.980. The third-order valence-corrected chi connectivity index (χ3v) is 12.2. The number of hydrogen-bond donors (Lipinski definition) is 4. The van der Waals surface area contributed by atoms with Gasteiger partial charge in [-0.15, -0.1) is 0 Å². The van der Waals surface area contributed by atoms with Crippen LogP contribution < -0.4 is 15.4 Å². The Bertz CT molecular complexity index is 2550. The Hall–Kier alpha value is -6.68. The van der Waals surface area contributed by atoms with E-state index in [0.717, 1.165) is 69.4 Å². The molecule has 0 saturated carbocycles. The molecule has 16 nitrogen and oxygen atoms in total. The highest BCUT2D eigenvalue weighted by Gasteiger charge is 2.40. The fraction of sp³-hybridized carbons (Fsp3) is 0.391. The maximum atomic E-state index is 13.7. The molecule has 16 heteroatoms. The summed E-state index contributed by atoms with van der Waals surface area (Å²) in [4.78, 5) is 71.6. The summed E-state index contributed by atoms with van der Waals surface area (Å²) >= 11 is 0. The number of carbonyl (C=O) groups excluding carboxylic acids is 4. The molecule has 8 rings (SSSR count). The number of nitrogens with one attached hydrogen (secondary N) is 4. The Labute approximate surface area is 359 Å². The van der Waals surface area contributed by atoms with Gasteiger partial charge in [-0.3, -0.25) is 9.59 Å². The van der Waals surface area contributed by atoms with Gasteiger partial charge in [-0.25, -0.2) is 19.6 Å². The molecule has 2 aromatic heterocycles. The van der Waals surface area contributed by atoms with Gasteiger partial charge in [-0.2, -0.15) is 0 Å². The van der Waals surface area contributed by atoms with E-state index >= 15 is 0 Å². The lowest BCUT2D eigenvalue weighted by atomic mass is 9.92. The summed E-state index contributed by atoms with van der Waals surface area (Å²) < 4.78 is 21.5. The number of ether oxygens (including phenoxy) is 4. The van der Waals surface area contributed by atoms with Crippen molar-refractivity contribution < 1.29 is 38.1 Å². The van der Waals surface area contributed by atoms with Crippen LogP contribution in [0.2, 0.25) is 0 Å². The number of benzene rings is 3. The Morgan fingerprint density at radius 1 is 0.758 bits per heavy atom. The highest BCUT2D eigenvalue weighted by molar-refractivity contribution is 5.91. The number of hydrogen-bond acceptors (Lipinski definition) is 10. The van der Waals surface area contributed by atoms with E-state index in [0.29, 0.717) is 42.7 Å². The highest BCUT2D eigenvalue weighted by atomic mass is 16.5. The van der Waals surface area contributed by atoms with Gasteiger partial charge in [0.2, 0.25) is 11.8 Å². The standard InChI is InChI=1S/C46H52N8O8/c1-24(2)39(51-45(57)60-6)43(55)54-19-9-11-36(54)42-48-32-16-13-27(21-33(32)49-42)28-12-15-30-25(3)31-20-29(14-17-37(31)62-38(30)22-28)34-23-47-41(50-34)35-10-8-18-53(35)44(56)40(26(4)59-5)52-46(58)61-7/h12-17,20-24,26,35-36,39-40H,3,8-11,18-19H2,1-2,4-7H3,(H,47,50)(H,48,49)(H,51,57)(H,52,58)/t26-,35+,36+,39+,40+/m1/s1. The first-order valence-corrected chi connectivity index (χ1v) is 20.9. The van der Waals surface area contributed by atoms with Crippen molar-refractivity contribution in [1.82, 2.24) is 40.4 Å². The average Bonchev–Trinajstić information content (AvgIpc) is 4.12. The molecule has 0 radical (unpaired) electrons. The van der Waals surface area contributed by atoms with Crippen LogP contribution in [0.5, 0.6) is 11.5 Å². The fourth-order valence-corrected chi connectivity index (χ4v) is 8.73. The zero-order chi connectivity index (χ0) is 43.8. The van der Waals surface area contributed by atoms with E-state index < -0.39 is 30.4 Å². The van der Waals surface area contributed by atoms with Gasteiger partial charge in [0.25, 0.3) is 0 Å². The minimum Gasteiger partial charge on any atom is -0.456 e. The number of H-pyrrole nitrogens is 2. The first kappa shape index (κ1) is 42.0. The van der Waals surface area contributed by atoms with Gasteiger partial charge in [-0.05, 0) is 91.6 Å². The molecule has 2 fully saturated rings. The number of aromatic nitrogens is 4. The van der Waals surface area contributed by atoms with Crippen LogP contribution in [0.3, 0.4) is 0 Å². The molecule has 2 saturated heterocycles. The second kappa shape index (κ2) is 17.4. The van der Waals surface area contributed by atoms with Crippen LogP contribution in [0.1, 0.15) is 81.3 Å². The molecule has 0 unspecified atom stereocenters. The van der Waals surface area contributed by atoms with E-state index in [1.807, 2.05) is 67.3 Å². The molecule has 5 heterocycles. The van der Waals surface area contributed by atoms with Gasteiger partial charge >= 0.3 is 12.2 Å². The smallest absolute Gasteiger partial charge is 0.407 e. The minimum atomic E-state index is -0.919. The molecule has 5 aromatic rings. The van der Waals surface area contributed by atoms with E-state index in [9.17, 15) is 19.2 Å². The van der Waals surface area contributed by atoms with Crippen LogP contribution in [-0.2, 0) is 23.8 Å². The molecule has 0 bridgehead atoms. The van der Waals surface area contributed by atoms with Crippen LogP contribution in [-0.4, -0.2) is 106 Å². The van der Waals surface area contributed by atoms with Crippen LogP contribution in [0.4, 0.5) is 9.59 Å². The summed E-state index contributed by atoms with van der Waals surface area (Å²) in [6.45, 7) is 11.1. The lowest BCUT2D eigenvalue weighted by Crippen LogP contribution is -2.54. The van der Waals surface area contributed by atoms with Crippen molar-refractivity contribution in [1.29, 1.82) is 0 Å². The molecule has 0 spiro atoms. The molecular formula is C46H52N8O8. The van der Waals surface area contributed by atoms with E-state index in [4.69, 9.17) is 28.9 Å². The summed E-state index contributed by atoms with van der Waals surface area (Å²) in [6.07, 6.45) is 2.95. The third kappa shape index (κ3) is 7.97. The summed E-state index contributed by atoms with van der Waals surface area (Å²) in [5.41, 5.74) is 7.78. The molecule has 5 atom stereocenters. The normalized spacial score (nSPS) is 18.5. The molecular weight excluding hydrogens is 793 g/mol. The molecule has 4 amide bonds. The van der Waals surface area contributed by atoms with Crippen LogP contribution in [0.15, 0.2) is 67.4 Å². The molecule has 3 aromatic carbocycles. The van der Waals surface area contributed by atoms with Crippen molar-refractivity contribution in [2.24, 2.45) is 5.92 Å². The monoisotopic (exact) mass is 844 g/mol. The SMILES string of the molecule is C=C1c2ccc(-c3ccc4nc([C@@H]5CCCN5C(=O)[C@@H](NC(=O)OC)C(C)C)[nH]c4c3)cc2Oc2ccc(-c3cnc([C@@H]4CCCN4C(=O)[C@@H](NC(=O)OC)[C@@H](C)OC)[nH]3)cc21. The minimum absolute atomic E-state index is 0.124. The molecule has 3 aliphatic heterocycles. The van der Waals surface area contributed by atoms with Crippen LogP contribution in [0, 0.1) is 5.92 Å². The first-order valence-electron chi connectivity index (χ1n) is 20.9. The van der Waals surface area contributed by atoms with Crippen molar-refractivity contribution in [3.63, 3.8) is 0 Å². The quantitative estimate of drug-likeness (QED) is 0.103. The zero-order valence-corrected chi connectivity index (χ0v) is 35.7. The maximum absolute atomic E-state index is 13.7. The van der Waals surface area contributed by atoms with Gasteiger partial charge in [0.15, 0.2) is 0 Å². The second-order valence-electron chi connectivity index (χ2n) is 16.3. The fourth-order valence-electron chi connectivity index (χ4n) is 8.73. The van der Waals surface area contributed by atoms with Crippen molar-refractivity contribution in [3.05, 3.63) is 90.1 Å². The van der Waals surface area contributed by atoms with Gasteiger partial charge in [0.1, 0.15) is 35.2 Å². The molecule has 0 aliphatic carbocycles. The summed E-state index contributed by atoms with van der Waals surface area (Å²) in [7, 11) is 4.04. The average molecular weight is 845 g/mol. The highest BCUT2D eigenvalue weighted by Crippen LogP contribution is 2.46. The van der Waals surface area contributed by atoms with E-state index in [-0.39, 0.29) is 29.8 Å². The number of aromatic amines is 2. The number of methoxy groups -OCH3 is 3. The molecule has 62 heavy (non-hydrogen) atoms. The third-order valence-electron chi connectivity index (χ3n) is 12.2. The summed E-state index contributed by atoms with van der Waals surface area (Å²) in [5.74, 6) is 2.19. The molecule has 3 aliphatic rings. The maximum Gasteiger partial charge on any atom is 0.407 e. The van der Waals surface area contributed by atoms with Crippen LogP contribution in [0.25, 0.3) is 39.0 Å². The van der Waals surface area contributed by atoms with Crippen molar-refractivity contribution in [2.75, 3.05) is 34.4 Å². The predicted octanol–water partition coefficient (Wildman–Crippen LogP) is 7.25. The number of nitrogens with zero attached hydrogens (tertiary/aromatic N) is 4. The molecule has 324 valence electrons. The number of rotatable bonds is 11. The van der Waals surface area contributed by atoms with Gasteiger partial charge < -0.3 is 49.3 Å². The number of fused-ring (bicyclic) bond motifs is 3. The number of amides is 4. The largest absolute Gasteiger partial charge is 0.456 e. The van der Waals surface area contributed by atoms with Gasteiger partial charge in [-0.1, -0.05) is 38.6 Å². The van der Waals surface area contributed by atoms with Crippen LogP contribution >= 0.6 is 0 Å². The Kier molecular flexibility index (Phi) is 11.8. The van der Waals surface area contributed by atoms with E-state index in [1.165, 1.54) is 21.3 Å². The van der Waals surface area contributed by atoms with Gasteiger partial charge in [0.05, 0.1) is 55.3 Å². The topological polar surface area (TPSA) is 193 Å². The zero-order valence-electron chi connectivity index (χ0n) is 35.7. The lowest BCUT2D eigenvalue weighted by molar-refractivity contribution is -0.137.